The number of fused-ring (bicyclic) bond motifs is 1. The first-order chi connectivity index (χ1) is 10.3. The smallest absolute Gasteiger partial charge is 0.118 e. The number of benzene rings is 2. The maximum Gasteiger partial charge on any atom is 0.118 e. The van der Waals surface area contributed by atoms with Gasteiger partial charge in [0.2, 0.25) is 0 Å². The normalized spacial score (nSPS) is 18.6. The molecule has 108 valence electrons. The summed E-state index contributed by atoms with van der Waals surface area (Å²) in [6, 6.07) is 16.8. The third-order valence-electron chi connectivity index (χ3n) is 4.01. The van der Waals surface area contributed by atoms with Crippen LogP contribution in [0.4, 0.5) is 0 Å². The molecule has 0 saturated carbocycles. The zero-order valence-corrected chi connectivity index (χ0v) is 12.4. The molecule has 0 fully saturated rings. The van der Waals surface area contributed by atoms with Gasteiger partial charge >= 0.3 is 0 Å². The Labute approximate surface area is 125 Å². The lowest BCUT2D eigenvalue weighted by Gasteiger charge is -2.13. The third kappa shape index (κ3) is 2.77. The van der Waals surface area contributed by atoms with Crippen molar-refractivity contribution in [3.05, 3.63) is 65.2 Å². The van der Waals surface area contributed by atoms with Gasteiger partial charge in [-0.25, -0.2) is 0 Å². The summed E-state index contributed by atoms with van der Waals surface area (Å²) in [6.45, 7) is 0. The van der Waals surface area contributed by atoms with Gasteiger partial charge in [0.15, 0.2) is 0 Å². The summed E-state index contributed by atoms with van der Waals surface area (Å²) in [4.78, 5) is 5.03. The molecule has 0 saturated heterocycles. The Morgan fingerprint density at radius 1 is 1.05 bits per heavy atom. The molecule has 0 bridgehead atoms. The van der Waals surface area contributed by atoms with E-state index < -0.39 is 0 Å². The number of rotatable bonds is 4. The number of methoxy groups -OCH3 is 1. The predicted octanol–water partition coefficient (Wildman–Crippen LogP) is 3.58. The minimum Gasteiger partial charge on any atom is -0.497 e. The maximum absolute atomic E-state index is 5.21. The van der Waals surface area contributed by atoms with Crippen LogP contribution in [0.1, 0.15) is 22.6 Å². The van der Waals surface area contributed by atoms with Gasteiger partial charge in [0.05, 0.1) is 12.8 Å². The number of ether oxygens (including phenoxy) is 1. The molecule has 3 heteroatoms. The van der Waals surface area contributed by atoms with Gasteiger partial charge in [-0.1, -0.05) is 41.6 Å². The highest BCUT2D eigenvalue weighted by Crippen LogP contribution is 2.34. The van der Waals surface area contributed by atoms with Gasteiger partial charge < -0.3 is 9.57 Å². The zero-order chi connectivity index (χ0) is 14.7. The molecule has 0 N–H and O–H groups in total. The highest BCUT2D eigenvalue weighted by atomic mass is 16.6. The van der Waals surface area contributed by atoms with Crippen molar-refractivity contribution in [2.75, 3.05) is 14.2 Å². The molecule has 3 nitrogen and oxygen atoms in total. The number of nitrogens with zero attached hydrogens (tertiary/aromatic N) is 1. The van der Waals surface area contributed by atoms with Gasteiger partial charge in [0, 0.05) is 12.3 Å². The second kappa shape index (κ2) is 6.00. The van der Waals surface area contributed by atoms with Crippen LogP contribution in [-0.4, -0.2) is 19.9 Å². The van der Waals surface area contributed by atoms with E-state index >= 15 is 0 Å². The molecule has 1 atom stereocenters. The van der Waals surface area contributed by atoms with E-state index in [1.54, 1.807) is 14.2 Å². The van der Waals surface area contributed by atoms with Crippen molar-refractivity contribution in [1.82, 2.24) is 0 Å². The van der Waals surface area contributed by atoms with E-state index in [9.17, 15) is 0 Å². The van der Waals surface area contributed by atoms with Crippen LogP contribution in [0.3, 0.4) is 0 Å². The molecular weight excluding hydrogens is 262 g/mol. The third-order valence-corrected chi connectivity index (χ3v) is 4.01. The van der Waals surface area contributed by atoms with Crippen LogP contribution in [0, 0.1) is 0 Å². The first-order valence-corrected chi connectivity index (χ1v) is 7.12. The van der Waals surface area contributed by atoms with E-state index in [-0.39, 0.29) is 0 Å². The van der Waals surface area contributed by atoms with Crippen molar-refractivity contribution in [3.8, 4) is 5.75 Å². The highest BCUT2D eigenvalue weighted by Gasteiger charge is 2.29. The number of hydrogen-bond acceptors (Lipinski definition) is 3. The van der Waals surface area contributed by atoms with Crippen molar-refractivity contribution in [2.45, 2.75) is 18.8 Å². The van der Waals surface area contributed by atoms with E-state index in [1.807, 2.05) is 12.1 Å². The summed E-state index contributed by atoms with van der Waals surface area (Å²) in [6.07, 6.45) is 1.81. The molecule has 0 aliphatic heterocycles. The van der Waals surface area contributed by atoms with Crippen molar-refractivity contribution in [1.29, 1.82) is 0 Å². The molecule has 0 amide bonds. The van der Waals surface area contributed by atoms with Gasteiger partial charge in [0.25, 0.3) is 0 Å². The molecule has 1 aliphatic carbocycles. The molecule has 3 rings (SSSR count). The summed E-state index contributed by atoms with van der Waals surface area (Å²) in [5.41, 5.74) is 5.10. The Morgan fingerprint density at radius 3 is 2.52 bits per heavy atom. The maximum atomic E-state index is 5.21. The summed E-state index contributed by atoms with van der Waals surface area (Å²) in [7, 11) is 3.30. The Bertz CT molecular complexity index is 647. The van der Waals surface area contributed by atoms with Gasteiger partial charge in [-0.3, -0.25) is 0 Å². The van der Waals surface area contributed by atoms with Gasteiger partial charge in [-0.15, -0.1) is 0 Å². The first-order valence-electron chi connectivity index (χ1n) is 7.12. The van der Waals surface area contributed by atoms with E-state index in [0.717, 1.165) is 24.3 Å². The van der Waals surface area contributed by atoms with E-state index in [1.165, 1.54) is 16.7 Å². The van der Waals surface area contributed by atoms with Crippen LogP contribution >= 0.6 is 0 Å². The van der Waals surface area contributed by atoms with Gasteiger partial charge in [0.1, 0.15) is 12.9 Å². The fourth-order valence-corrected chi connectivity index (χ4v) is 2.97. The summed E-state index contributed by atoms with van der Waals surface area (Å²) >= 11 is 0. The minimum absolute atomic E-state index is 0.301. The van der Waals surface area contributed by atoms with E-state index in [4.69, 9.17) is 9.57 Å². The van der Waals surface area contributed by atoms with Gasteiger partial charge in [-0.2, -0.15) is 0 Å². The fraction of sp³-hybridized carbons (Fsp3) is 0.278. The standard InChI is InChI=1S/C18H19NO2/c1-20-15-9-7-13(8-10-15)11-17-16-6-4-3-5-14(16)12-18(17)19-21-2/h3-10,17H,11-12H2,1-2H3/b19-18-. The molecule has 2 aromatic rings. The number of oxime groups is 1. The SMILES string of the molecule is CO/N=C1/Cc2ccccc2C1Cc1ccc(OC)cc1. The molecule has 0 spiro atoms. The minimum atomic E-state index is 0.301. The summed E-state index contributed by atoms with van der Waals surface area (Å²) in [5.74, 6) is 1.19. The van der Waals surface area contributed by atoms with Crippen LogP contribution in [0.25, 0.3) is 0 Å². The van der Waals surface area contributed by atoms with Crippen LogP contribution in [-0.2, 0) is 17.7 Å². The van der Waals surface area contributed by atoms with Crippen LogP contribution in [0.2, 0.25) is 0 Å². The monoisotopic (exact) mass is 281 g/mol. The van der Waals surface area contributed by atoms with Crippen LogP contribution < -0.4 is 4.74 Å². The quantitative estimate of drug-likeness (QED) is 0.802. The second-order valence-corrected chi connectivity index (χ2v) is 5.25. The lowest BCUT2D eigenvalue weighted by Crippen LogP contribution is -2.10. The van der Waals surface area contributed by atoms with Crippen LogP contribution in [0.5, 0.6) is 5.75 Å². The Hall–Kier alpha value is -2.29. The lowest BCUT2D eigenvalue weighted by molar-refractivity contribution is 0.211. The van der Waals surface area contributed by atoms with Crippen molar-refractivity contribution < 1.29 is 9.57 Å². The van der Waals surface area contributed by atoms with Crippen molar-refractivity contribution >= 4 is 5.71 Å². The lowest BCUT2D eigenvalue weighted by atomic mass is 9.92. The summed E-state index contributed by atoms with van der Waals surface area (Å²) < 4.78 is 5.21. The second-order valence-electron chi connectivity index (χ2n) is 5.25. The van der Waals surface area contributed by atoms with Gasteiger partial charge in [-0.05, 0) is 35.2 Å². The largest absolute Gasteiger partial charge is 0.497 e. The summed E-state index contributed by atoms with van der Waals surface area (Å²) in [5, 5.41) is 4.24. The van der Waals surface area contributed by atoms with E-state index in [2.05, 4.69) is 41.6 Å². The average molecular weight is 281 g/mol. The van der Waals surface area contributed by atoms with Crippen LogP contribution in [0.15, 0.2) is 53.7 Å². The Morgan fingerprint density at radius 2 is 1.81 bits per heavy atom. The molecule has 21 heavy (non-hydrogen) atoms. The van der Waals surface area contributed by atoms with Crippen molar-refractivity contribution in [2.24, 2.45) is 5.16 Å². The zero-order valence-electron chi connectivity index (χ0n) is 12.4. The average Bonchev–Trinajstić information content (AvgIpc) is 2.86. The molecule has 0 aromatic heterocycles. The molecule has 0 radical (unpaired) electrons. The van der Waals surface area contributed by atoms with E-state index in [0.29, 0.717) is 5.92 Å². The van der Waals surface area contributed by atoms with Crippen molar-refractivity contribution in [3.63, 3.8) is 0 Å². The highest BCUT2D eigenvalue weighted by molar-refractivity contribution is 5.96. The Kier molecular flexibility index (Phi) is 3.91. The fourth-order valence-electron chi connectivity index (χ4n) is 2.97. The predicted molar refractivity (Wildman–Crippen MR) is 84.0 cm³/mol. The molecule has 1 aliphatic rings. The topological polar surface area (TPSA) is 30.8 Å². The molecule has 1 unspecified atom stereocenters. The first kappa shape index (κ1) is 13.7. The molecule has 0 heterocycles. The number of hydrogen-bond donors (Lipinski definition) is 0. The molecule has 2 aromatic carbocycles. The molecular formula is C18H19NO2. The Balaban J connectivity index is 1.88.